The molecule has 0 aliphatic carbocycles. The average molecular weight is 545 g/mol. The van der Waals surface area contributed by atoms with Gasteiger partial charge in [0.15, 0.2) is 0 Å². The van der Waals surface area contributed by atoms with Crippen molar-refractivity contribution in [3.8, 4) is 11.5 Å². The standard InChI is InChI=1S/C31H32N2O7/c1-20-18-33(30(36)32-29(20)35)28-17-26(34)27(40-28)19-39-31(21-7-5-4-6-8-21,22-9-13-24(37-2)14-10-22)23-11-15-25(38-3)16-12-23/h4-16,18,26-28,34H,17,19H2,1-3H3,(H,32,35,36)/t26-,27-,28-/m0/s1. The lowest BCUT2D eigenvalue weighted by Gasteiger charge is -2.37. The number of hydrogen-bond donors (Lipinski definition) is 2. The molecule has 2 N–H and O–H groups in total. The molecule has 0 radical (unpaired) electrons. The Morgan fingerprint density at radius 2 is 1.45 bits per heavy atom. The molecule has 5 rings (SSSR count). The monoisotopic (exact) mass is 544 g/mol. The summed E-state index contributed by atoms with van der Waals surface area (Å²) < 4.78 is 25.1. The molecule has 208 valence electrons. The number of nitrogens with zero attached hydrogens (tertiary/aromatic N) is 1. The van der Waals surface area contributed by atoms with Gasteiger partial charge < -0.3 is 24.1 Å². The van der Waals surface area contributed by atoms with Crippen molar-refractivity contribution in [2.24, 2.45) is 0 Å². The second kappa shape index (κ2) is 11.5. The van der Waals surface area contributed by atoms with Gasteiger partial charge >= 0.3 is 5.69 Å². The van der Waals surface area contributed by atoms with Crippen LogP contribution in [0.2, 0.25) is 0 Å². The van der Waals surface area contributed by atoms with Crippen molar-refractivity contribution in [1.29, 1.82) is 0 Å². The van der Waals surface area contributed by atoms with E-state index < -0.39 is 35.3 Å². The van der Waals surface area contributed by atoms with Gasteiger partial charge in [-0.2, -0.15) is 0 Å². The van der Waals surface area contributed by atoms with Crippen LogP contribution in [0.5, 0.6) is 11.5 Å². The predicted molar refractivity (Wildman–Crippen MR) is 149 cm³/mol. The number of aromatic amines is 1. The van der Waals surface area contributed by atoms with Gasteiger partial charge in [-0.1, -0.05) is 54.6 Å². The SMILES string of the molecule is COc1ccc(C(OC[C@@H]2O[C@H](n3cc(C)c(=O)[nH]c3=O)C[C@@H]2O)(c2ccccc2)c2ccc(OC)cc2)cc1. The number of methoxy groups -OCH3 is 2. The number of rotatable bonds is 9. The van der Waals surface area contributed by atoms with Crippen LogP contribution in [0.1, 0.15) is 34.9 Å². The first kappa shape index (κ1) is 27.4. The van der Waals surface area contributed by atoms with E-state index in [1.54, 1.807) is 21.1 Å². The van der Waals surface area contributed by atoms with Gasteiger partial charge in [0.2, 0.25) is 0 Å². The lowest BCUT2D eigenvalue weighted by Crippen LogP contribution is -2.38. The number of H-pyrrole nitrogens is 1. The fraction of sp³-hybridized carbons (Fsp3) is 0.290. The smallest absolute Gasteiger partial charge is 0.330 e. The molecule has 2 heterocycles. The number of aliphatic hydroxyl groups excluding tert-OH is 1. The number of aryl methyl sites for hydroxylation is 1. The molecule has 40 heavy (non-hydrogen) atoms. The highest BCUT2D eigenvalue weighted by Gasteiger charge is 2.42. The van der Waals surface area contributed by atoms with Gasteiger partial charge in [-0.15, -0.1) is 0 Å². The Morgan fingerprint density at radius 3 is 2.00 bits per heavy atom. The van der Waals surface area contributed by atoms with Crippen molar-refractivity contribution in [2.45, 2.75) is 37.4 Å². The van der Waals surface area contributed by atoms with Crippen LogP contribution in [0.25, 0.3) is 0 Å². The zero-order valence-corrected chi connectivity index (χ0v) is 22.6. The normalized spacial score (nSPS) is 18.9. The van der Waals surface area contributed by atoms with E-state index in [0.717, 1.165) is 16.7 Å². The van der Waals surface area contributed by atoms with E-state index in [2.05, 4.69) is 4.98 Å². The van der Waals surface area contributed by atoms with E-state index in [0.29, 0.717) is 17.1 Å². The van der Waals surface area contributed by atoms with E-state index in [4.69, 9.17) is 18.9 Å². The Morgan fingerprint density at radius 1 is 0.900 bits per heavy atom. The minimum Gasteiger partial charge on any atom is -0.497 e. The topological polar surface area (TPSA) is 112 Å². The largest absolute Gasteiger partial charge is 0.497 e. The molecule has 3 atom stereocenters. The highest BCUT2D eigenvalue weighted by molar-refractivity contribution is 5.49. The Bertz CT molecular complexity index is 1500. The summed E-state index contributed by atoms with van der Waals surface area (Å²) in [6, 6.07) is 25.1. The summed E-state index contributed by atoms with van der Waals surface area (Å²) in [5.74, 6) is 1.42. The van der Waals surface area contributed by atoms with Crippen LogP contribution in [0.4, 0.5) is 0 Å². The fourth-order valence-electron chi connectivity index (χ4n) is 5.12. The second-order valence-electron chi connectivity index (χ2n) is 9.73. The fourth-order valence-corrected chi connectivity index (χ4v) is 5.12. The van der Waals surface area contributed by atoms with E-state index in [1.165, 1.54) is 10.8 Å². The lowest BCUT2D eigenvalue weighted by atomic mass is 9.80. The molecule has 1 aliphatic heterocycles. The minimum absolute atomic E-state index is 0.0156. The summed E-state index contributed by atoms with van der Waals surface area (Å²) in [6.45, 7) is 1.63. The first-order valence-corrected chi connectivity index (χ1v) is 13.0. The lowest BCUT2D eigenvalue weighted by molar-refractivity contribution is -0.0944. The molecule has 0 bridgehead atoms. The molecule has 0 unspecified atom stereocenters. The van der Waals surface area contributed by atoms with Crippen LogP contribution in [0.15, 0.2) is 94.6 Å². The zero-order valence-electron chi connectivity index (χ0n) is 22.6. The molecule has 0 saturated carbocycles. The Hall–Kier alpha value is -4.18. The number of benzene rings is 3. The van der Waals surface area contributed by atoms with E-state index in [-0.39, 0.29) is 13.0 Å². The van der Waals surface area contributed by atoms with E-state index >= 15 is 0 Å². The molecule has 3 aromatic carbocycles. The van der Waals surface area contributed by atoms with Gasteiger partial charge in [0, 0.05) is 18.2 Å². The molecule has 9 heteroatoms. The number of aromatic nitrogens is 2. The molecule has 0 amide bonds. The van der Waals surface area contributed by atoms with Crippen LogP contribution < -0.4 is 20.7 Å². The van der Waals surface area contributed by atoms with Gasteiger partial charge in [0.25, 0.3) is 5.56 Å². The summed E-state index contributed by atoms with van der Waals surface area (Å²) in [4.78, 5) is 26.6. The second-order valence-corrected chi connectivity index (χ2v) is 9.73. The Balaban J connectivity index is 1.54. The number of ether oxygens (including phenoxy) is 4. The van der Waals surface area contributed by atoms with Crippen molar-refractivity contribution >= 4 is 0 Å². The van der Waals surface area contributed by atoms with Crippen molar-refractivity contribution in [3.05, 3.63) is 128 Å². The van der Waals surface area contributed by atoms with Crippen LogP contribution in [0, 0.1) is 6.92 Å². The van der Waals surface area contributed by atoms with Gasteiger partial charge in [0.1, 0.15) is 29.4 Å². The summed E-state index contributed by atoms with van der Waals surface area (Å²) in [7, 11) is 3.23. The number of nitrogens with one attached hydrogen (secondary N) is 1. The molecule has 1 fully saturated rings. The highest BCUT2D eigenvalue weighted by Crippen LogP contribution is 2.42. The third-order valence-corrected chi connectivity index (χ3v) is 7.30. The molecule has 9 nitrogen and oxygen atoms in total. The van der Waals surface area contributed by atoms with Crippen molar-refractivity contribution in [2.75, 3.05) is 20.8 Å². The molecular formula is C31H32N2O7. The third kappa shape index (κ3) is 5.19. The maximum atomic E-state index is 12.5. The summed E-state index contributed by atoms with van der Waals surface area (Å²) in [5, 5.41) is 11.0. The van der Waals surface area contributed by atoms with Gasteiger partial charge in [-0.25, -0.2) is 4.79 Å². The van der Waals surface area contributed by atoms with Crippen LogP contribution >= 0.6 is 0 Å². The zero-order chi connectivity index (χ0) is 28.3. The maximum Gasteiger partial charge on any atom is 0.330 e. The minimum atomic E-state index is -1.08. The number of aliphatic hydroxyl groups is 1. The predicted octanol–water partition coefficient (Wildman–Crippen LogP) is 3.52. The van der Waals surface area contributed by atoms with E-state index in [9.17, 15) is 14.7 Å². The Kier molecular flexibility index (Phi) is 7.88. The first-order chi connectivity index (χ1) is 19.3. The molecule has 0 spiro atoms. The average Bonchev–Trinajstić information content (AvgIpc) is 3.36. The molecule has 1 saturated heterocycles. The summed E-state index contributed by atoms with van der Waals surface area (Å²) in [6.07, 6.45) is -0.763. The van der Waals surface area contributed by atoms with Gasteiger partial charge in [-0.3, -0.25) is 14.3 Å². The molecule has 1 aromatic heterocycles. The quantitative estimate of drug-likeness (QED) is 0.310. The Labute approximate surface area is 231 Å². The van der Waals surface area contributed by atoms with Crippen LogP contribution in [-0.2, 0) is 15.1 Å². The highest BCUT2D eigenvalue weighted by atomic mass is 16.6. The van der Waals surface area contributed by atoms with Gasteiger partial charge in [-0.05, 0) is 47.9 Å². The molecular weight excluding hydrogens is 512 g/mol. The summed E-state index contributed by atoms with van der Waals surface area (Å²) in [5.41, 5.74) is 0.825. The van der Waals surface area contributed by atoms with Crippen molar-refractivity contribution in [3.63, 3.8) is 0 Å². The number of hydrogen-bond acceptors (Lipinski definition) is 7. The van der Waals surface area contributed by atoms with Crippen LogP contribution in [0.3, 0.4) is 0 Å². The van der Waals surface area contributed by atoms with E-state index in [1.807, 2.05) is 78.9 Å². The van der Waals surface area contributed by atoms with Gasteiger partial charge in [0.05, 0.1) is 26.9 Å². The summed E-state index contributed by atoms with van der Waals surface area (Å²) >= 11 is 0. The molecule has 4 aromatic rings. The first-order valence-electron chi connectivity index (χ1n) is 13.0. The van der Waals surface area contributed by atoms with Crippen molar-refractivity contribution < 1.29 is 24.1 Å². The van der Waals surface area contributed by atoms with Crippen LogP contribution in [-0.4, -0.2) is 47.7 Å². The van der Waals surface area contributed by atoms with Crippen molar-refractivity contribution in [1.82, 2.24) is 9.55 Å². The maximum absolute atomic E-state index is 12.5. The third-order valence-electron chi connectivity index (χ3n) is 7.30. The molecule has 1 aliphatic rings.